The molecule has 1 aliphatic rings. The minimum atomic E-state index is -4.00. The van der Waals surface area contributed by atoms with Gasteiger partial charge in [0, 0.05) is 10.0 Å². The average molecular weight is 381 g/mol. The van der Waals surface area contributed by atoms with Gasteiger partial charge >= 0.3 is 0 Å². The number of halogens is 2. The van der Waals surface area contributed by atoms with Crippen LogP contribution in [0.2, 0.25) is 10.0 Å². The number of nitrogens with one attached hydrogen (secondary N) is 2. The number of hydroxylamine groups is 1. The molecule has 0 heterocycles. The zero-order chi connectivity index (χ0) is 17.0. The van der Waals surface area contributed by atoms with Crippen LogP contribution in [0.3, 0.4) is 0 Å². The van der Waals surface area contributed by atoms with Crippen molar-refractivity contribution >= 4 is 39.1 Å². The fraction of sp³-hybridized carbons (Fsp3) is 0.500. The Hall–Kier alpha value is -0.860. The molecule has 0 bridgehead atoms. The third kappa shape index (κ3) is 4.81. The molecule has 0 aromatic heterocycles. The van der Waals surface area contributed by atoms with E-state index in [0.717, 1.165) is 32.1 Å². The lowest BCUT2D eigenvalue weighted by Crippen LogP contribution is -2.50. The number of rotatable bonds is 5. The second kappa shape index (κ2) is 7.81. The molecule has 1 aromatic rings. The Labute approximate surface area is 145 Å². The van der Waals surface area contributed by atoms with Crippen LogP contribution in [0.15, 0.2) is 23.1 Å². The van der Waals surface area contributed by atoms with Gasteiger partial charge < -0.3 is 0 Å². The van der Waals surface area contributed by atoms with E-state index in [1.165, 1.54) is 18.2 Å². The van der Waals surface area contributed by atoms with Crippen LogP contribution in [0, 0.1) is 5.92 Å². The molecule has 1 aliphatic carbocycles. The molecule has 2 rings (SSSR count). The van der Waals surface area contributed by atoms with Crippen molar-refractivity contribution in [3.63, 3.8) is 0 Å². The molecule has 1 fully saturated rings. The van der Waals surface area contributed by atoms with Crippen LogP contribution in [0.4, 0.5) is 0 Å². The third-order valence-electron chi connectivity index (χ3n) is 3.94. The summed E-state index contributed by atoms with van der Waals surface area (Å²) in [5.41, 5.74) is 1.54. The first-order chi connectivity index (χ1) is 10.8. The minimum Gasteiger partial charge on any atom is -0.289 e. The Kier molecular flexibility index (Phi) is 6.27. The fourth-order valence-corrected chi connectivity index (χ4v) is 4.81. The maximum absolute atomic E-state index is 12.5. The van der Waals surface area contributed by atoms with E-state index in [2.05, 4.69) is 4.72 Å². The second-order valence-corrected chi connectivity index (χ2v) is 8.17. The summed E-state index contributed by atoms with van der Waals surface area (Å²) in [7, 11) is -4.00. The molecule has 1 amide bonds. The first-order valence-electron chi connectivity index (χ1n) is 7.26. The predicted molar refractivity (Wildman–Crippen MR) is 87.1 cm³/mol. The lowest BCUT2D eigenvalue weighted by molar-refractivity contribution is -0.132. The molecule has 1 saturated carbocycles. The quantitative estimate of drug-likeness (QED) is 0.540. The number of amides is 1. The van der Waals surface area contributed by atoms with Gasteiger partial charge in [-0.2, -0.15) is 4.72 Å². The Bertz CT molecular complexity index is 655. The summed E-state index contributed by atoms with van der Waals surface area (Å²) in [6.45, 7) is 0. The molecular formula is C14H18Cl2N2O4S. The van der Waals surface area contributed by atoms with E-state index in [9.17, 15) is 13.2 Å². The van der Waals surface area contributed by atoms with Gasteiger partial charge in [0.15, 0.2) is 0 Å². The van der Waals surface area contributed by atoms with Crippen molar-refractivity contribution < 1.29 is 18.4 Å². The Balaban J connectivity index is 2.27. The number of hydrogen-bond acceptors (Lipinski definition) is 4. The standard InChI is InChI=1S/C14H18Cl2N2O4S/c15-10-6-11(16)8-12(7-10)23(21,22)18-13(14(19)17-20)9-4-2-1-3-5-9/h6-9,13,18,20H,1-5H2,(H,17,19). The zero-order valence-electron chi connectivity index (χ0n) is 12.3. The smallest absolute Gasteiger partial charge is 0.261 e. The molecular weight excluding hydrogens is 363 g/mol. The minimum absolute atomic E-state index is 0.124. The van der Waals surface area contributed by atoms with Crippen molar-refractivity contribution in [1.29, 1.82) is 0 Å². The molecule has 0 saturated heterocycles. The molecule has 0 aliphatic heterocycles. The maximum atomic E-state index is 12.5. The van der Waals surface area contributed by atoms with E-state index in [0.29, 0.717) is 0 Å². The molecule has 6 nitrogen and oxygen atoms in total. The van der Waals surface area contributed by atoms with Crippen LogP contribution in [0.5, 0.6) is 0 Å². The topological polar surface area (TPSA) is 95.5 Å². The normalized spacial score (nSPS) is 17.7. The van der Waals surface area contributed by atoms with Gasteiger partial charge in [-0.05, 0) is 37.0 Å². The Morgan fingerprint density at radius 1 is 1.13 bits per heavy atom. The van der Waals surface area contributed by atoms with Crippen LogP contribution >= 0.6 is 23.2 Å². The predicted octanol–water partition coefficient (Wildman–Crippen LogP) is 2.73. The van der Waals surface area contributed by atoms with Gasteiger partial charge in [-0.15, -0.1) is 0 Å². The van der Waals surface area contributed by atoms with Gasteiger partial charge in [-0.3, -0.25) is 10.0 Å². The highest BCUT2D eigenvalue weighted by Crippen LogP contribution is 2.28. The lowest BCUT2D eigenvalue weighted by atomic mass is 9.84. The highest BCUT2D eigenvalue weighted by Gasteiger charge is 2.33. The second-order valence-electron chi connectivity index (χ2n) is 5.58. The SMILES string of the molecule is O=C(NO)C(NS(=O)(=O)c1cc(Cl)cc(Cl)c1)C1CCCCC1. The first kappa shape index (κ1) is 18.5. The van der Waals surface area contributed by atoms with E-state index >= 15 is 0 Å². The molecule has 3 N–H and O–H groups in total. The van der Waals surface area contributed by atoms with Crippen LogP contribution in [0.1, 0.15) is 32.1 Å². The number of carbonyl (C=O) groups is 1. The van der Waals surface area contributed by atoms with Crippen molar-refractivity contribution in [2.24, 2.45) is 5.92 Å². The van der Waals surface area contributed by atoms with Gasteiger partial charge in [0.05, 0.1) is 4.90 Å². The van der Waals surface area contributed by atoms with E-state index in [-0.39, 0.29) is 20.9 Å². The number of benzene rings is 1. The molecule has 128 valence electrons. The Morgan fingerprint density at radius 3 is 2.22 bits per heavy atom. The van der Waals surface area contributed by atoms with Gasteiger partial charge in [0.2, 0.25) is 10.0 Å². The number of sulfonamides is 1. The molecule has 1 unspecified atom stereocenters. The van der Waals surface area contributed by atoms with Crippen molar-refractivity contribution in [2.45, 2.75) is 43.0 Å². The van der Waals surface area contributed by atoms with Crippen molar-refractivity contribution in [3.05, 3.63) is 28.2 Å². The van der Waals surface area contributed by atoms with E-state index < -0.39 is 22.0 Å². The lowest BCUT2D eigenvalue weighted by Gasteiger charge is -2.29. The summed E-state index contributed by atoms with van der Waals surface area (Å²) in [5, 5.41) is 9.27. The van der Waals surface area contributed by atoms with Crippen LogP contribution in [-0.4, -0.2) is 25.6 Å². The average Bonchev–Trinajstić information content (AvgIpc) is 2.52. The largest absolute Gasteiger partial charge is 0.289 e. The Morgan fingerprint density at radius 2 is 1.70 bits per heavy atom. The van der Waals surface area contributed by atoms with Gasteiger partial charge in [0.1, 0.15) is 6.04 Å². The summed E-state index contributed by atoms with van der Waals surface area (Å²) in [5.74, 6) is -0.936. The van der Waals surface area contributed by atoms with Crippen LogP contribution < -0.4 is 10.2 Å². The monoisotopic (exact) mass is 380 g/mol. The molecule has 0 spiro atoms. The van der Waals surface area contributed by atoms with E-state index in [1.54, 1.807) is 5.48 Å². The van der Waals surface area contributed by atoms with E-state index in [4.69, 9.17) is 28.4 Å². The summed E-state index contributed by atoms with van der Waals surface area (Å²) < 4.78 is 27.4. The van der Waals surface area contributed by atoms with Gasteiger partial charge in [0.25, 0.3) is 5.91 Å². The highest BCUT2D eigenvalue weighted by atomic mass is 35.5. The first-order valence-corrected chi connectivity index (χ1v) is 9.50. The van der Waals surface area contributed by atoms with Gasteiger partial charge in [-0.1, -0.05) is 42.5 Å². The number of hydrogen-bond donors (Lipinski definition) is 3. The van der Waals surface area contributed by atoms with Crippen LogP contribution in [0.25, 0.3) is 0 Å². The zero-order valence-corrected chi connectivity index (χ0v) is 14.6. The maximum Gasteiger partial charge on any atom is 0.261 e. The highest BCUT2D eigenvalue weighted by molar-refractivity contribution is 7.89. The molecule has 9 heteroatoms. The van der Waals surface area contributed by atoms with Crippen molar-refractivity contribution in [3.8, 4) is 0 Å². The number of carbonyl (C=O) groups excluding carboxylic acids is 1. The molecule has 23 heavy (non-hydrogen) atoms. The molecule has 1 aromatic carbocycles. The summed E-state index contributed by atoms with van der Waals surface area (Å²) in [6.07, 6.45) is 4.34. The third-order valence-corrected chi connectivity index (χ3v) is 5.80. The molecule has 1 atom stereocenters. The van der Waals surface area contributed by atoms with Gasteiger partial charge in [-0.25, -0.2) is 13.9 Å². The molecule has 0 radical (unpaired) electrons. The fourth-order valence-electron chi connectivity index (χ4n) is 2.82. The van der Waals surface area contributed by atoms with Crippen molar-refractivity contribution in [1.82, 2.24) is 10.2 Å². The van der Waals surface area contributed by atoms with Crippen LogP contribution in [-0.2, 0) is 14.8 Å². The summed E-state index contributed by atoms with van der Waals surface area (Å²) in [6, 6.07) is 2.89. The van der Waals surface area contributed by atoms with Crippen molar-refractivity contribution in [2.75, 3.05) is 0 Å². The summed E-state index contributed by atoms with van der Waals surface area (Å²) in [4.78, 5) is 11.8. The van der Waals surface area contributed by atoms with E-state index in [1.807, 2.05) is 0 Å². The summed E-state index contributed by atoms with van der Waals surface area (Å²) >= 11 is 11.7.